The van der Waals surface area contributed by atoms with Gasteiger partial charge in [0, 0.05) is 6.54 Å². The lowest BCUT2D eigenvalue weighted by molar-refractivity contribution is 0.477. The Morgan fingerprint density at radius 3 is 2.59 bits per heavy atom. The molecule has 0 aliphatic carbocycles. The quantitative estimate of drug-likeness (QED) is 0.774. The van der Waals surface area contributed by atoms with Crippen LogP contribution in [0.15, 0.2) is 52.9 Å². The standard InChI is InChI=1S/C17H16ClN3O/c1-12-6-2-3-7-13(12)10-19-11-16-20-21-17(22-16)14-8-4-5-9-15(14)18/h2-9,19H,10-11H2,1H3. The minimum Gasteiger partial charge on any atom is -0.419 e. The molecule has 5 heteroatoms. The van der Waals surface area contributed by atoms with E-state index in [0.29, 0.717) is 23.3 Å². The molecular formula is C17H16ClN3O. The summed E-state index contributed by atoms with van der Waals surface area (Å²) in [7, 11) is 0. The lowest BCUT2D eigenvalue weighted by Crippen LogP contribution is -2.13. The molecule has 0 fully saturated rings. The van der Waals surface area contributed by atoms with E-state index in [1.807, 2.05) is 30.3 Å². The molecule has 0 unspecified atom stereocenters. The van der Waals surface area contributed by atoms with Gasteiger partial charge in [-0.25, -0.2) is 0 Å². The van der Waals surface area contributed by atoms with Crippen LogP contribution in [0, 0.1) is 6.92 Å². The van der Waals surface area contributed by atoms with Crippen LogP contribution in [0.5, 0.6) is 0 Å². The van der Waals surface area contributed by atoms with Crippen LogP contribution in [-0.4, -0.2) is 10.2 Å². The van der Waals surface area contributed by atoms with Crippen molar-refractivity contribution < 1.29 is 4.42 Å². The maximum absolute atomic E-state index is 6.13. The van der Waals surface area contributed by atoms with Gasteiger partial charge < -0.3 is 9.73 Å². The summed E-state index contributed by atoms with van der Waals surface area (Å²) in [5.74, 6) is 0.988. The number of rotatable bonds is 5. The maximum Gasteiger partial charge on any atom is 0.249 e. The lowest BCUT2D eigenvalue weighted by Gasteiger charge is -2.05. The summed E-state index contributed by atoms with van der Waals surface area (Å²) in [6.07, 6.45) is 0. The molecule has 1 aromatic heterocycles. The van der Waals surface area contributed by atoms with Crippen molar-refractivity contribution in [3.8, 4) is 11.5 Å². The smallest absolute Gasteiger partial charge is 0.249 e. The molecule has 4 nitrogen and oxygen atoms in total. The van der Waals surface area contributed by atoms with Gasteiger partial charge in [-0.15, -0.1) is 10.2 Å². The normalized spacial score (nSPS) is 10.8. The summed E-state index contributed by atoms with van der Waals surface area (Å²) < 4.78 is 5.65. The molecule has 0 saturated carbocycles. The van der Waals surface area contributed by atoms with Gasteiger partial charge in [0.1, 0.15) is 0 Å². The third-order valence-electron chi connectivity index (χ3n) is 3.42. The van der Waals surface area contributed by atoms with Gasteiger partial charge in [0.05, 0.1) is 17.1 Å². The van der Waals surface area contributed by atoms with E-state index in [2.05, 4.69) is 34.6 Å². The zero-order valence-electron chi connectivity index (χ0n) is 12.2. The largest absolute Gasteiger partial charge is 0.419 e. The van der Waals surface area contributed by atoms with Crippen molar-refractivity contribution in [2.45, 2.75) is 20.0 Å². The Balaban J connectivity index is 1.63. The van der Waals surface area contributed by atoms with Crippen LogP contribution in [-0.2, 0) is 13.1 Å². The number of hydrogen-bond donors (Lipinski definition) is 1. The summed E-state index contributed by atoms with van der Waals surface area (Å²) in [5, 5.41) is 12.0. The molecule has 0 saturated heterocycles. The average Bonchev–Trinajstić information content (AvgIpc) is 2.98. The molecule has 3 aromatic rings. The fraction of sp³-hybridized carbons (Fsp3) is 0.176. The first-order valence-corrected chi connectivity index (χ1v) is 7.44. The first-order valence-electron chi connectivity index (χ1n) is 7.06. The van der Waals surface area contributed by atoms with E-state index in [0.717, 1.165) is 12.1 Å². The van der Waals surface area contributed by atoms with E-state index in [4.69, 9.17) is 16.0 Å². The van der Waals surface area contributed by atoms with Crippen molar-refractivity contribution in [2.24, 2.45) is 0 Å². The molecule has 0 radical (unpaired) electrons. The predicted octanol–water partition coefficient (Wildman–Crippen LogP) is 3.99. The van der Waals surface area contributed by atoms with Gasteiger partial charge in [0.15, 0.2) is 0 Å². The highest BCUT2D eigenvalue weighted by atomic mass is 35.5. The Morgan fingerprint density at radius 1 is 1.00 bits per heavy atom. The van der Waals surface area contributed by atoms with Crippen molar-refractivity contribution in [2.75, 3.05) is 0 Å². The number of aryl methyl sites for hydroxylation is 1. The summed E-state index contributed by atoms with van der Waals surface area (Å²) in [6, 6.07) is 15.7. The second kappa shape index (κ2) is 6.73. The van der Waals surface area contributed by atoms with Crippen LogP contribution in [0.2, 0.25) is 5.02 Å². The van der Waals surface area contributed by atoms with Crippen LogP contribution in [0.4, 0.5) is 0 Å². The van der Waals surface area contributed by atoms with Crippen molar-refractivity contribution in [3.05, 3.63) is 70.6 Å². The van der Waals surface area contributed by atoms with Gasteiger partial charge in [-0.3, -0.25) is 0 Å². The second-order valence-electron chi connectivity index (χ2n) is 5.01. The maximum atomic E-state index is 6.13. The van der Waals surface area contributed by atoms with Crippen LogP contribution in [0.1, 0.15) is 17.0 Å². The Bertz CT molecular complexity index is 770. The number of nitrogens with zero attached hydrogens (tertiary/aromatic N) is 2. The molecule has 22 heavy (non-hydrogen) atoms. The number of hydrogen-bond acceptors (Lipinski definition) is 4. The number of halogens is 1. The SMILES string of the molecule is Cc1ccccc1CNCc1nnc(-c2ccccc2Cl)o1. The van der Waals surface area contributed by atoms with Gasteiger partial charge in [0.25, 0.3) is 0 Å². The van der Waals surface area contributed by atoms with Gasteiger partial charge in [-0.1, -0.05) is 48.0 Å². The fourth-order valence-corrected chi connectivity index (χ4v) is 2.40. The zero-order chi connectivity index (χ0) is 15.4. The molecule has 1 N–H and O–H groups in total. The van der Waals surface area contributed by atoms with Crippen molar-refractivity contribution >= 4 is 11.6 Å². The molecule has 0 bridgehead atoms. The van der Waals surface area contributed by atoms with E-state index < -0.39 is 0 Å². The van der Waals surface area contributed by atoms with E-state index >= 15 is 0 Å². The zero-order valence-corrected chi connectivity index (χ0v) is 13.0. The minimum atomic E-state index is 0.443. The molecule has 112 valence electrons. The molecule has 0 atom stereocenters. The fourth-order valence-electron chi connectivity index (χ4n) is 2.18. The second-order valence-corrected chi connectivity index (χ2v) is 5.42. The molecule has 0 amide bonds. The van der Waals surface area contributed by atoms with Crippen molar-refractivity contribution in [1.29, 1.82) is 0 Å². The number of aromatic nitrogens is 2. The number of nitrogens with one attached hydrogen (secondary N) is 1. The average molecular weight is 314 g/mol. The van der Waals surface area contributed by atoms with Crippen LogP contribution in [0.25, 0.3) is 11.5 Å². The minimum absolute atomic E-state index is 0.443. The van der Waals surface area contributed by atoms with Crippen LogP contribution < -0.4 is 5.32 Å². The van der Waals surface area contributed by atoms with Gasteiger partial charge >= 0.3 is 0 Å². The number of benzene rings is 2. The van der Waals surface area contributed by atoms with Gasteiger partial charge in [0.2, 0.25) is 11.8 Å². The summed E-state index contributed by atoms with van der Waals surface area (Å²) >= 11 is 6.13. The van der Waals surface area contributed by atoms with E-state index in [1.54, 1.807) is 6.07 Å². The summed E-state index contributed by atoms with van der Waals surface area (Å²) in [6.45, 7) is 3.38. The Labute approximate surface area is 134 Å². The highest BCUT2D eigenvalue weighted by Gasteiger charge is 2.11. The summed E-state index contributed by atoms with van der Waals surface area (Å²) in [5.41, 5.74) is 3.27. The highest BCUT2D eigenvalue weighted by molar-refractivity contribution is 6.33. The van der Waals surface area contributed by atoms with E-state index in [1.165, 1.54) is 11.1 Å². The third-order valence-corrected chi connectivity index (χ3v) is 3.75. The Kier molecular flexibility index (Phi) is 4.51. The molecule has 2 aromatic carbocycles. The predicted molar refractivity (Wildman–Crippen MR) is 86.5 cm³/mol. The van der Waals surface area contributed by atoms with Gasteiger partial charge in [-0.2, -0.15) is 0 Å². The van der Waals surface area contributed by atoms with Crippen molar-refractivity contribution in [3.63, 3.8) is 0 Å². The third kappa shape index (κ3) is 3.35. The lowest BCUT2D eigenvalue weighted by atomic mass is 10.1. The monoisotopic (exact) mass is 313 g/mol. The molecule has 0 aliphatic rings. The molecule has 0 spiro atoms. The first kappa shape index (κ1) is 14.8. The van der Waals surface area contributed by atoms with Crippen LogP contribution >= 0.6 is 11.6 Å². The highest BCUT2D eigenvalue weighted by Crippen LogP contribution is 2.26. The van der Waals surface area contributed by atoms with E-state index in [-0.39, 0.29) is 0 Å². The van der Waals surface area contributed by atoms with E-state index in [9.17, 15) is 0 Å². The summed E-state index contributed by atoms with van der Waals surface area (Å²) in [4.78, 5) is 0. The van der Waals surface area contributed by atoms with Crippen molar-refractivity contribution in [1.82, 2.24) is 15.5 Å². The van der Waals surface area contributed by atoms with Crippen LogP contribution in [0.3, 0.4) is 0 Å². The molecule has 0 aliphatic heterocycles. The molecule has 1 heterocycles. The molecular weight excluding hydrogens is 298 g/mol. The topological polar surface area (TPSA) is 51.0 Å². The first-order chi connectivity index (χ1) is 10.7. The molecule has 3 rings (SSSR count). The Hall–Kier alpha value is -2.17. The Morgan fingerprint density at radius 2 is 1.77 bits per heavy atom. The van der Waals surface area contributed by atoms with Gasteiger partial charge in [-0.05, 0) is 30.2 Å².